The number of rotatable bonds is 9. The van der Waals surface area contributed by atoms with Crippen molar-refractivity contribution in [2.24, 2.45) is 4.99 Å². The number of ether oxygens (including phenoxy) is 3. The molecule has 1 atom stereocenters. The summed E-state index contributed by atoms with van der Waals surface area (Å²) in [6.45, 7) is 5.63. The third-order valence-electron chi connectivity index (χ3n) is 4.43. The van der Waals surface area contributed by atoms with Crippen LogP contribution in [0.4, 0.5) is 5.95 Å². The first-order valence-electron chi connectivity index (χ1n) is 9.95. The Labute approximate surface area is 176 Å². The van der Waals surface area contributed by atoms with Gasteiger partial charge in [0.05, 0.1) is 20.3 Å². The van der Waals surface area contributed by atoms with Crippen molar-refractivity contribution in [3.63, 3.8) is 0 Å². The molecule has 0 amide bonds. The van der Waals surface area contributed by atoms with Crippen molar-refractivity contribution in [2.75, 3.05) is 32.2 Å². The van der Waals surface area contributed by atoms with E-state index in [4.69, 9.17) is 14.2 Å². The third kappa shape index (κ3) is 6.66. The molecular formula is C22H27N5O3. The summed E-state index contributed by atoms with van der Waals surface area (Å²) in [5.41, 5.74) is 0.890. The van der Waals surface area contributed by atoms with Gasteiger partial charge >= 0.3 is 0 Å². The van der Waals surface area contributed by atoms with E-state index in [9.17, 15) is 0 Å². The number of anilines is 1. The van der Waals surface area contributed by atoms with Gasteiger partial charge in [-0.2, -0.15) is 4.98 Å². The minimum Gasteiger partial charge on any atom is -0.490 e. The summed E-state index contributed by atoms with van der Waals surface area (Å²) < 4.78 is 16.7. The number of nitrogens with one attached hydrogen (secondary N) is 1. The number of hydrogen-bond donors (Lipinski definition) is 1. The number of methoxy groups -OCH3 is 1. The molecule has 1 saturated heterocycles. The fourth-order valence-corrected chi connectivity index (χ4v) is 2.92. The van der Waals surface area contributed by atoms with Gasteiger partial charge in [-0.1, -0.05) is 12.7 Å². The topological polar surface area (TPSA) is 90.8 Å². The second-order valence-electron chi connectivity index (χ2n) is 6.58. The number of hydrogen-bond acceptors (Lipinski definition) is 8. The second-order valence-corrected chi connectivity index (χ2v) is 6.58. The van der Waals surface area contributed by atoms with Gasteiger partial charge in [0.25, 0.3) is 0 Å². The normalized spacial score (nSPS) is 17.4. The van der Waals surface area contributed by atoms with Crippen LogP contribution in [-0.2, 0) is 9.47 Å². The standard InChI is InChI=1S/C22H27N5O3/c1-3-5-20(28-2)23-12-13-24-22-26-16-25-21(27-22)17-7-9-19(10-8-17)30-18-6-4-14-29-15-11-18/h3,5,7-10,12,16,18H,1,4,6,11,13-15H2,2H3,(H,24,25,26,27)/b20-5+,23-12?. The highest BCUT2D eigenvalue weighted by Crippen LogP contribution is 2.22. The number of allylic oxidation sites excluding steroid dienone is 2. The van der Waals surface area contributed by atoms with Crippen LogP contribution in [0.25, 0.3) is 11.4 Å². The van der Waals surface area contributed by atoms with Crippen LogP contribution in [0.1, 0.15) is 19.3 Å². The van der Waals surface area contributed by atoms with Gasteiger partial charge in [0.15, 0.2) is 5.82 Å². The van der Waals surface area contributed by atoms with Crippen molar-refractivity contribution in [3.8, 4) is 17.1 Å². The van der Waals surface area contributed by atoms with Crippen molar-refractivity contribution >= 4 is 12.2 Å². The molecule has 1 aromatic carbocycles. The molecule has 0 saturated carbocycles. The highest BCUT2D eigenvalue weighted by atomic mass is 16.5. The molecule has 1 unspecified atom stereocenters. The molecule has 1 fully saturated rings. The fourth-order valence-electron chi connectivity index (χ4n) is 2.92. The maximum absolute atomic E-state index is 6.08. The van der Waals surface area contributed by atoms with Gasteiger partial charge in [0.1, 0.15) is 18.2 Å². The number of nitrogens with zero attached hydrogens (tertiary/aromatic N) is 4. The summed E-state index contributed by atoms with van der Waals surface area (Å²) in [7, 11) is 1.56. The molecule has 8 heteroatoms. The molecule has 1 aliphatic heterocycles. The first-order valence-corrected chi connectivity index (χ1v) is 9.95. The molecule has 8 nitrogen and oxygen atoms in total. The molecule has 0 spiro atoms. The maximum atomic E-state index is 6.08. The number of aromatic nitrogens is 3. The summed E-state index contributed by atoms with van der Waals surface area (Å²) in [4.78, 5) is 17.1. The molecule has 0 radical (unpaired) electrons. The Balaban J connectivity index is 1.57. The van der Waals surface area contributed by atoms with Gasteiger partial charge in [-0.25, -0.2) is 15.0 Å². The van der Waals surface area contributed by atoms with E-state index in [1.807, 2.05) is 24.3 Å². The van der Waals surface area contributed by atoms with Crippen molar-refractivity contribution < 1.29 is 14.2 Å². The van der Waals surface area contributed by atoms with Gasteiger partial charge in [0.2, 0.25) is 11.8 Å². The quantitative estimate of drug-likeness (QED) is 0.384. The number of aliphatic imine (C=N–C) groups is 1. The zero-order valence-corrected chi connectivity index (χ0v) is 17.2. The lowest BCUT2D eigenvalue weighted by Crippen LogP contribution is -2.16. The van der Waals surface area contributed by atoms with Crippen molar-refractivity contribution in [1.82, 2.24) is 15.0 Å². The van der Waals surface area contributed by atoms with Crippen LogP contribution in [-0.4, -0.2) is 54.1 Å². The van der Waals surface area contributed by atoms with Gasteiger partial charge in [-0.05, 0) is 43.2 Å². The van der Waals surface area contributed by atoms with Crippen LogP contribution in [0.5, 0.6) is 5.75 Å². The zero-order chi connectivity index (χ0) is 21.0. The average molecular weight is 409 g/mol. The molecule has 30 heavy (non-hydrogen) atoms. The van der Waals surface area contributed by atoms with Crippen molar-refractivity contribution in [1.29, 1.82) is 0 Å². The fraction of sp³-hybridized carbons (Fsp3) is 0.364. The van der Waals surface area contributed by atoms with E-state index in [1.165, 1.54) is 6.33 Å². The highest BCUT2D eigenvalue weighted by Gasteiger charge is 2.14. The van der Waals surface area contributed by atoms with Gasteiger partial charge in [0, 0.05) is 24.8 Å². The minimum atomic E-state index is 0.202. The highest BCUT2D eigenvalue weighted by molar-refractivity contribution is 5.64. The molecular weight excluding hydrogens is 382 g/mol. The van der Waals surface area contributed by atoms with Crippen LogP contribution in [0.3, 0.4) is 0 Å². The summed E-state index contributed by atoms with van der Waals surface area (Å²) in [6.07, 6.45) is 9.62. The Hall–Kier alpha value is -3.26. The van der Waals surface area contributed by atoms with Crippen LogP contribution in [0, 0.1) is 0 Å². The first kappa shape index (κ1) is 21.4. The Morgan fingerprint density at radius 1 is 1.27 bits per heavy atom. The minimum absolute atomic E-state index is 0.202. The van der Waals surface area contributed by atoms with Crippen LogP contribution in [0.15, 0.2) is 60.2 Å². The van der Waals surface area contributed by atoms with E-state index in [0.29, 0.717) is 24.2 Å². The molecule has 2 aromatic rings. The van der Waals surface area contributed by atoms with E-state index in [0.717, 1.165) is 43.8 Å². The lowest BCUT2D eigenvalue weighted by Gasteiger charge is -2.16. The van der Waals surface area contributed by atoms with Crippen molar-refractivity contribution in [2.45, 2.75) is 25.4 Å². The summed E-state index contributed by atoms with van der Waals surface area (Å²) in [5, 5.41) is 3.09. The predicted molar refractivity (Wildman–Crippen MR) is 117 cm³/mol. The maximum Gasteiger partial charge on any atom is 0.226 e. The summed E-state index contributed by atoms with van der Waals surface area (Å²) in [6, 6.07) is 7.80. The zero-order valence-electron chi connectivity index (χ0n) is 17.2. The summed E-state index contributed by atoms with van der Waals surface area (Å²) in [5.74, 6) is 2.37. The average Bonchev–Trinajstić information content (AvgIpc) is 3.05. The van der Waals surface area contributed by atoms with E-state index in [2.05, 4.69) is 31.8 Å². The lowest BCUT2D eigenvalue weighted by molar-refractivity contribution is 0.127. The van der Waals surface area contributed by atoms with Crippen LogP contribution >= 0.6 is 0 Å². The largest absolute Gasteiger partial charge is 0.490 e. The molecule has 158 valence electrons. The molecule has 1 aromatic heterocycles. The van der Waals surface area contributed by atoms with Crippen LogP contribution < -0.4 is 10.1 Å². The smallest absolute Gasteiger partial charge is 0.226 e. The molecule has 0 aliphatic carbocycles. The second kappa shape index (κ2) is 11.7. The third-order valence-corrected chi connectivity index (χ3v) is 4.43. The molecule has 1 N–H and O–H groups in total. The first-order chi connectivity index (χ1) is 14.8. The molecule has 0 bridgehead atoms. The molecule has 2 heterocycles. The SMILES string of the molecule is C=C/C=C(\N=CCNc1ncnc(-c2ccc(OC3CCCOCC3)cc2)n1)OC. The molecule has 1 aliphatic rings. The van der Waals surface area contributed by atoms with E-state index < -0.39 is 0 Å². The Bertz CT molecular complexity index is 859. The predicted octanol–water partition coefficient (Wildman–Crippen LogP) is 3.64. The van der Waals surface area contributed by atoms with E-state index >= 15 is 0 Å². The van der Waals surface area contributed by atoms with Gasteiger partial charge in [-0.15, -0.1) is 0 Å². The number of benzene rings is 1. The monoisotopic (exact) mass is 409 g/mol. The Kier molecular flexibility index (Phi) is 8.34. The van der Waals surface area contributed by atoms with Gasteiger partial charge < -0.3 is 19.5 Å². The van der Waals surface area contributed by atoms with Crippen molar-refractivity contribution in [3.05, 3.63) is 55.2 Å². The lowest BCUT2D eigenvalue weighted by atomic mass is 10.1. The summed E-state index contributed by atoms with van der Waals surface area (Å²) >= 11 is 0. The molecule has 3 rings (SSSR count). The Morgan fingerprint density at radius 3 is 2.93 bits per heavy atom. The van der Waals surface area contributed by atoms with Crippen LogP contribution in [0.2, 0.25) is 0 Å². The van der Waals surface area contributed by atoms with E-state index in [1.54, 1.807) is 25.5 Å². The Morgan fingerprint density at radius 2 is 2.13 bits per heavy atom. The van der Waals surface area contributed by atoms with Gasteiger partial charge in [-0.3, -0.25) is 0 Å². The van der Waals surface area contributed by atoms with E-state index in [-0.39, 0.29) is 6.10 Å².